The second-order valence-electron chi connectivity index (χ2n) is 3.90. The van der Waals surface area contributed by atoms with Gasteiger partial charge < -0.3 is 4.74 Å². The Hall–Kier alpha value is -0.950. The molecule has 0 fully saturated rings. The van der Waals surface area contributed by atoms with E-state index in [1.807, 2.05) is 30.3 Å². The van der Waals surface area contributed by atoms with E-state index in [4.69, 9.17) is 10.6 Å². The molecular formula is C13H13Br2N3O. The van der Waals surface area contributed by atoms with E-state index >= 15 is 0 Å². The zero-order valence-corrected chi connectivity index (χ0v) is 13.4. The zero-order valence-electron chi connectivity index (χ0n) is 10.2. The Labute approximate surface area is 128 Å². The largest absolute Gasteiger partial charge is 0.497 e. The molecule has 0 aliphatic carbocycles. The van der Waals surface area contributed by atoms with Crippen LogP contribution in [0.3, 0.4) is 0 Å². The number of hydrogen-bond donors (Lipinski definition) is 2. The van der Waals surface area contributed by atoms with Crippen molar-refractivity contribution in [3.63, 3.8) is 0 Å². The number of nitrogens with zero attached hydrogens (tertiary/aromatic N) is 1. The third-order valence-corrected chi connectivity index (χ3v) is 3.77. The van der Waals surface area contributed by atoms with Crippen molar-refractivity contribution >= 4 is 31.9 Å². The van der Waals surface area contributed by atoms with Crippen LogP contribution in [0, 0.1) is 0 Å². The fraction of sp³-hybridized carbons (Fsp3) is 0.154. The van der Waals surface area contributed by atoms with Gasteiger partial charge in [-0.15, -0.1) is 0 Å². The third kappa shape index (κ3) is 3.33. The van der Waals surface area contributed by atoms with Gasteiger partial charge in [0.05, 0.1) is 18.8 Å². The second kappa shape index (κ2) is 6.47. The smallest absolute Gasteiger partial charge is 0.119 e. The Morgan fingerprint density at radius 2 is 2.11 bits per heavy atom. The minimum Gasteiger partial charge on any atom is -0.497 e. The number of pyridine rings is 1. The lowest BCUT2D eigenvalue weighted by Crippen LogP contribution is -2.29. The number of benzene rings is 1. The standard InChI is InChI=1S/C13H13Br2N3O/c1-19-10-4-2-3-8(5-10)12(18-16)13-11(15)6-9(14)7-17-13/h2-7,12,18H,16H2,1H3. The lowest BCUT2D eigenvalue weighted by Gasteiger charge is -2.18. The van der Waals surface area contributed by atoms with Crippen LogP contribution in [0.5, 0.6) is 5.75 Å². The van der Waals surface area contributed by atoms with Crippen molar-refractivity contribution in [1.29, 1.82) is 0 Å². The van der Waals surface area contributed by atoms with Gasteiger partial charge >= 0.3 is 0 Å². The Kier molecular flexibility index (Phi) is 4.93. The topological polar surface area (TPSA) is 60.2 Å². The van der Waals surface area contributed by atoms with Crippen LogP contribution < -0.4 is 16.0 Å². The van der Waals surface area contributed by atoms with Gasteiger partial charge in [-0.2, -0.15) is 0 Å². The summed E-state index contributed by atoms with van der Waals surface area (Å²) in [4.78, 5) is 4.40. The van der Waals surface area contributed by atoms with Gasteiger partial charge in [-0.1, -0.05) is 12.1 Å². The summed E-state index contributed by atoms with van der Waals surface area (Å²) in [5.74, 6) is 6.46. The molecule has 1 aromatic carbocycles. The molecule has 6 heteroatoms. The molecule has 0 aliphatic heterocycles. The number of nitrogens with two attached hydrogens (primary N) is 1. The molecule has 0 spiro atoms. The van der Waals surface area contributed by atoms with E-state index in [9.17, 15) is 0 Å². The molecule has 4 nitrogen and oxygen atoms in total. The van der Waals surface area contributed by atoms with Crippen LogP contribution in [-0.2, 0) is 0 Å². The highest BCUT2D eigenvalue weighted by Crippen LogP contribution is 2.29. The van der Waals surface area contributed by atoms with E-state index in [0.29, 0.717) is 0 Å². The summed E-state index contributed by atoms with van der Waals surface area (Å²) in [7, 11) is 1.64. The molecule has 0 saturated carbocycles. The highest BCUT2D eigenvalue weighted by atomic mass is 79.9. The number of hydrazine groups is 1. The first-order valence-corrected chi connectivity index (χ1v) is 7.15. The van der Waals surface area contributed by atoms with Crippen LogP contribution in [0.2, 0.25) is 0 Å². The van der Waals surface area contributed by atoms with E-state index < -0.39 is 0 Å². The van der Waals surface area contributed by atoms with Gasteiger partial charge in [0, 0.05) is 15.1 Å². The average Bonchev–Trinajstić information content (AvgIpc) is 2.42. The summed E-state index contributed by atoms with van der Waals surface area (Å²) in [5, 5.41) is 0. The zero-order chi connectivity index (χ0) is 13.8. The quantitative estimate of drug-likeness (QED) is 0.625. The fourth-order valence-electron chi connectivity index (χ4n) is 1.79. The van der Waals surface area contributed by atoms with Crippen molar-refractivity contribution in [2.45, 2.75) is 6.04 Å². The Morgan fingerprint density at radius 1 is 1.32 bits per heavy atom. The first-order valence-electron chi connectivity index (χ1n) is 5.56. The Bertz CT molecular complexity index is 578. The highest BCUT2D eigenvalue weighted by Gasteiger charge is 2.17. The lowest BCUT2D eigenvalue weighted by atomic mass is 10.0. The highest BCUT2D eigenvalue weighted by molar-refractivity contribution is 9.11. The predicted octanol–water partition coefficient (Wildman–Crippen LogP) is 3.17. The summed E-state index contributed by atoms with van der Waals surface area (Å²) in [6.45, 7) is 0. The maximum atomic E-state index is 5.67. The number of methoxy groups -OCH3 is 1. The third-order valence-electron chi connectivity index (χ3n) is 2.70. The van der Waals surface area contributed by atoms with E-state index in [2.05, 4.69) is 42.3 Å². The maximum Gasteiger partial charge on any atom is 0.119 e. The van der Waals surface area contributed by atoms with Crippen LogP contribution in [0.1, 0.15) is 17.3 Å². The van der Waals surface area contributed by atoms with Gasteiger partial charge in [0.2, 0.25) is 0 Å². The van der Waals surface area contributed by atoms with Crippen molar-refractivity contribution in [2.24, 2.45) is 5.84 Å². The summed E-state index contributed by atoms with van der Waals surface area (Å²) in [6, 6.07) is 9.45. The monoisotopic (exact) mass is 385 g/mol. The minimum atomic E-state index is -0.211. The van der Waals surface area contributed by atoms with E-state index in [1.54, 1.807) is 13.3 Å². The van der Waals surface area contributed by atoms with Gasteiger partial charge in [0.25, 0.3) is 0 Å². The molecule has 1 heterocycles. The molecule has 1 aromatic heterocycles. The van der Waals surface area contributed by atoms with Crippen LogP contribution in [0.4, 0.5) is 0 Å². The van der Waals surface area contributed by atoms with Crippen molar-refractivity contribution in [3.05, 3.63) is 56.7 Å². The molecule has 0 aliphatic rings. The van der Waals surface area contributed by atoms with Crippen LogP contribution in [-0.4, -0.2) is 12.1 Å². The van der Waals surface area contributed by atoms with Crippen molar-refractivity contribution in [2.75, 3.05) is 7.11 Å². The first kappa shape index (κ1) is 14.5. The molecule has 0 radical (unpaired) electrons. The summed E-state index contributed by atoms with van der Waals surface area (Å²) < 4.78 is 7.02. The minimum absolute atomic E-state index is 0.211. The lowest BCUT2D eigenvalue weighted by molar-refractivity contribution is 0.413. The van der Waals surface area contributed by atoms with Gasteiger partial charge in [-0.25, -0.2) is 5.43 Å². The Balaban J connectivity index is 2.43. The SMILES string of the molecule is COc1cccc(C(NN)c2ncc(Br)cc2Br)c1. The van der Waals surface area contributed by atoms with E-state index in [1.165, 1.54) is 0 Å². The molecule has 2 rings (SSSR count). The number of aromatic nitrogens is 1. The number of hydrogen-bond acceptors (Lipinski definition) is 4. The number of rotatable bonds is 4. The van der Waals surface area contributed by atoms with Crippen molar-refractivity contribution in [1.82, 2.24) is 10.4 Å². The molecule has 0 bridgehead atoms. The van der Waals surface area contributed by atoms with Gasteiger partial charge in [0.15, 0.2) is 0 Å². The molecule has 2 aromatic rings. The second-order valence-corrected chi connectivity index (χ2v) is 5.67. The van der Waals surface area contributed by atoms with Crippen LogP contribution in [0.15, 0.2) is 45.5 Å². The molecule has 0 amide bonds. The number of halogens is 2. The maximum absolute atomic E-state index is 5.67. The molecule has 0 saturated heterocycles. The molecule has 100 valence electrons. The molecular weight excluding hydrogens is 374 g/mol. The molecule has 19 heavy (non-hydrogen) atoms. The van der Waals surface area contributed by atoms with Gasteiger partial charge in [0.1, 0.15) is 5.75 Å². The molecule has 1 unspecified atom stereocenters. The fourth-order valence-corrected chi connectivity index (χ4v) is 3.01. The van der Waals surface area contributed by atoms with Gasteiger partial charge in [-0.3, -0.25) is 10.8 Å². The molecule has 1 atom stereocenters. The van der Waals surface area contributed by atoms with Crippen LogP contribution in [0.25, 0.3) is 0 Å². The predicted molar refractivity (Wildman–Crippen MR) is 81.8 cm³/mol. The van der Waals surface area contributed by atoms with Crippen molar-refractivity contribution in [3.8, 4) is 5.75 Å². The van der Waals surface area contributed by atoms with E-state index in [0.717, 1.165) is 26.0 Å². The van der Waals surface area contributed by atoms with Crippen LogP contribution >= 0.6 is 31.9 Å². The first-order chi connectivity index (χ1) is 9.15. The number of ether oxygens (including phenoxy) is 1. The molecule has 3 N–H and O–H groups in total. The summed E-state index contributed by atoms with van der Waals surface area (Å²) in [5.41, 5.74) is 4.59. The van der Waals surface area contributed by atoms with E-state index in [-0.39, 0.29) is 6.04 Å². The normalized spacial score (nSPS) is 12.2. The summed E-state index contributed by atoms with van der Waals surface area (Å²) >= 11 is 6.88. The summed E-state index contributed by atoms with van der Waals surface area (Å²) in [6.07, 6.45) is 1.74. The number of nitrogens with one attached hydrogen (secondary N) is 1. The van der Waals surface area contributed by atoms with Gasteiger partial charge in [-0.05, 0) is 55.6 Å². The van der Waals surface area contributed by atoms with Crippen molar-refractivity contribution < 1.29 is 4.74 Å². The Morgan fingerprint density at radius 3 is 2.74 bits per heavy atom. The average molecular weight is 387 g/mol.